The molecule has 5 amide bonds. The molecule has 2 aliphatic heterocycles. The van der Waals surface area contributed by atoms with Crippen molar-refractivity contribution in [3.8, 4) is 5.75 Å². The molecule has 1 saturated heterocycles. The number of urea groups is 1. The predicted molar refractivity (Wildman–Crippen MR) is 128 cm³/mol. The van der Waals surface area contributed by atoms with E-state index in [0.717, 1.165) is 16.0 Å². The maximum Gasteiger partial charge on any atom is 0.339 e. The molecule has 0 radical (unpaired) electrons. The van der Waals surface area contributed by atoms with Crippen LogP contribution >= 0.6 is 0 Å². The lowest BCUT2D eigenvalue weighted by Crippen LogP contribution is -2.42. The Bertz CT molecular complexity index is 1360. The second-order valence-corrected chi connectivity index (χ2v) is 8.40. The lowest BCUT2D eigenvalue weighted by Gasteiger charge is -2.22. The molecule has 1 aromatic heterocycles. The highest BCUT2D eigenvalue weighted by molar-refractivity contribution is 6.53. The molecule has 0 saturated carbocycles. The lowest BCUT2D eigenvalue weighted by molar-refractivity contribution is -0.143. The SMILES string of the molecule is COc1ccc(C2=NN(C(=O)CN3C(=O)C(=O)N(c4ccc(C)cc4)C3=O)C(c3ccco3)C2)cc1. The van der Waals surface area contributed by atoms with E-state index in [4.69, 9.17) is 9.15 Å². The number of nitrogens with zero attached hydrogens (tertiary/aromatic N) is 4. The van der Waals surface area contributed by atoms with Crippen LogP contribution in [0, 0.1) is 6.92 Å². The molecule has 10 heteroatoms. The molecule has 2 aliphatic rings. The summed E-state index contributed by atoms with van der Waals surface area (Å²) in [5.74, 6) is -1.51. The van der Waals surface area contributed by atoms with Crippen LogP contribution in [0.5, 0.6) is 5.75 Å². The van der Waals surface area contributed by atoms with Crippen LogP contribution in [0.15, 0.2) is 76.4 Å². The molecule has 3 aromatic rings. The zero-order valence-electron chi connectivity index (χ0n) is 19.6. The highest BCUT2D eigenvalue weighted by atomic mass is 16.5. The molecule has 0 aliphatic carbocycles. The van der Waals surface area contributed by atoms with Gasteiger partial charge in [0.2, 0.25) is 0 Å². The van der Waals surface area contributed by atoms with E-state index in [-0.39, 0.29) is 5.69 Å². The first-order valence-electron chi connectivity index (χ1n) is 11.2. The molecule has 2 aromatic carbocycles. The van der Waals surface area contributed by atoms with Crippen LogP contribution in [0.2, 0.25) is 0 Å². The maximum absolute atomic E-state index is 13.4. The number of furan rings is 1. The monoisotopic (exact) mass is 486 g/mol. The Hall–Kier alpha value is -4.73. The van der Waals surface area contributed by atoms with Crippen LogP contribution in [0.3, 0.4) is 0 Å². The van der Waals surface area contributed by atoms with E-state index >= 15 is 0 Å². The van der Waals surface area contributed by atoms with Crippen LogP contribution in [0.4, 0.5) is 10.5 Å². The van der Waals surface area contributed by atoms with E-state index in [1.54, 1.807) is 55.6 Å². The van der Waals surface area contributed by atoms with Crippen molar-refractivity contribution < 1.29 is 28.3 Å². The second kappa shape index (κ2) is 9.14. The topological polar surface area (TPSA) is 113 Å². The summed E-state index contributed by atoms with van der Waals surface area (Å²) in [6.07, 6.45) is 1.86. The molecule has 36 heavy (non-hydrogen) atoms. The van der Waals surface area contributed by atoms with Crippen molar-refractivity contribution >= 4 is 35.2 Å². The Morgan fingerprint density at radius 1 is 1.03 bits per heavy atom. The number of hydrogen-bond donors (Lipinski definition) is 0. The molecule has 1 fully saturated rings. The number of carbonyl (C=O) groups is 4. The van der Waals surface area contributed by atoms with Crippen LogP contribution in [0.25, 0.3) is 0 Å². The third-order valence-corrected chi connectivity index (χ3v) is 6.10. The summed E-state index contributed by atoms with van der Waals surface area (Å²) < 4.78 is 10.7. The van der Waals surface area contributed by atoms with Crippen molar-refractivity contribution in [2.75, 3.05) is 18.6 Å². The van der Waals surface area contributed by atoms with Gasteiger partial charge in [0, 0.05) is 6.42 Å². The van der Waals surface area contributed by atoms with Gasteiger partial charge in [-0.05, 0) is 61.0 Å². The minimum atomic E-state index is -1.07. The first-order chi connectivity index (χ1) is 17.4. The van der Waals surface area contributed by atoms with Crippen molar-refractivity contribution in [1.82, 2.24) is 9.91 Å². The molecule has 0 bridgehead atoms. The van der Waals surface area contributed by atoms with Crippen LogP contribution in [0.1, 0.15) is 29.3 Å². The highest BCUT2D eigenvalue weighted by Gasteiger charge is 2.47. The fourth-order valence-corrected chi connectivity index (χ4v) is 4.17. The summed E-state index contributed by atoms with van der Waals surface area (Å²) >= 11 is 0. The minimum Gasteiger partial charge on any atom is -0.497 e. The maximum atomic E-state index is 13.4. The fraction of sp³-hybridized carbons (Fsp3) is 0.192. The normalized spacial score (nSPS) is 17.7. The van der Waals surface area contributed by atoms with Gasteiger partial charge >= 0.3 is 17.8 Å². The molecule has 182 valence electrons. The molecule has 0 N–H and O–H groups in total. The van der Waals surface area contributed by atoms with E-state index in [0.29, 0.717) is 28.5 Å². The van der Waals surface area contributed by atoms with Crippen LogP contribution < -0.4 is 9.64 Å². The summed E-state index contributed by atoms with van der Waals surface area (Å²) in [5.41, 5.74) is 2.61. The molecular weight excluding hydrogens is 464 g/mol. The minimum absolute atomic E-state index is 0.258. The number of amides is 5. The number of rotatable bonds is 6. The molecule has 0 spiro atoms. The Balaban J connectivity index is 1.40. The highest BCUT2D eigenvalue weighted by Crippen LogP contribution is 2.34. The molecule has 1 unspecified atom stereocenters. The van der Waals surface area contributed by atoms with Gasteiger partial charge in [0.05, 0.1) is 24.8 Å². The van der Waals surface area contributed by atoms with Gasteiger partial charge in [0.25, 0.3) is 5.91 Å². The van der Waals surface area contributed by atoms with Crippen molar-refractivity contribution in [1.29, 1.82) is 0 Å². The quantitative estimate of drug-likeness (QED) is 0.390. The van der Waals surface area contributed by atoms with E-state index in [2.05, 4.69) is 5.10 Å². The van der Waals surface area contributed by atoms with Crippen molar-refractivity contribution in [2.24, 2.45) is 5.10 Å². The molecular formula is C26H22N4O6. The number of methoxy groups -OCH3 is 1. The molecule has 3 heterocycles. The van der Waals surface area contributed by atoms with Gasteiger partial charge in [-0.25, -0.2) is 19.6 Å². The van der Waals surface area contributed by atoms with Gasteiger partial charge in [-0.2, -0.15) is 5.10 Å². The van der Waals surface area contributed by atoms with Crippen molar-refractivity contribution in [3.63, 3.8) is 0 Å². The Morgan fingerprint density at radius 2 is 1.75 bits per heavy atom. The molecule has 1 atom stereocenters. The third kappa shape index (κ3) is 4.02. The zero-order chi connectivity index (χ0) is 25.4. The number of imide groups is 2. The third-order valence-electron chi connectivity index (χ3n) is 6.10. The standard InChI is InChI=1S/C26H22N4O6/c1-16-5-9-18(10-6-16)29-25(33)24(32)28(26(29)34)15-23(31)30-21(22-4-3-13-36-22)14-20(27-30)17-7-11-19(35-2)12-8-17/h3-13,21H,14-15H2,1-2H3. The number of carbonyl (C=O) groups excluding carboxylic acids is 4. The first-order valence-corrected chi connectivity index (χ1v) is 11.2. The predicted octanol–water partition coefficient (Wildman–Crippen LogP) is 3.27. The first kappa shape index (κ1) is 23.0. The summed E-state index contributed by atoms with van der Waals surface area (Å²) in [6.45, 7) is 1.22. The van der Waals surface area contributed by atoms with Gasteiger partial charge in [-0.3, -0.25) is 14.4 Å². The number of hydrogen-bond acceptors (Lipinski definition) is 7. The lowest BCUT2D eigenvalue weighted by atomic mass is 10.0. The number of aryl methyl sites for hydroxylation is 1. The van der Waals surface area contributed by atoms with Gasteiger partial charge in [-0.15, -0.1) is 0 Å². The second-order valence-electron chi connectivity index (χ2n) is 8.40. The zero-order valence-corrected chi connectivity index (χ0v) is 19.6. The smallest absolute Gasteiger partial charge is 0.339 e. The summed E-state index contributed by atoms with van der Waals surface area (Å²) in [6, 6.07) is 15.8. The van der Waals surface area contributed by atoms with E-state index in [1.807, 2.05) is 19.1 Å². The Morgan fingerprint density at radius 3 is 2.39 bits per heavy atom. The summed E-state index contributed by atoms with van der Waals surface area (Å²) in [4.78, 5) is 53.0. The Kier molecular flexibility index (Phi) is 5.85. The number of ether oxygens (including phenoxy) is 1. The van der Waals surface area contributed by atoms with E-state index in [1.165, 1.54) is 11.3 Å². The summed E-state index contributed by atoms with van der Waals surface area (Å²) in [7, 11) is 1.57. The van der Waals surface area contributed by atoms with E-state index < -0.39 is 36.3 Å². The van der Waals surface area contributed by atoms with Gasteiger partial charge in [-0.1, -0.05) is 17.7 Å². The van der Waals surface area contributed by atoms with Gasteiger partial charge < -0.3 is 9.15 Å². The van der Waals surface area contributed by atoms with Gasteiger partial charge in [0.15, 0.2) is 0 Å². The summed E-state index contributed by atoms with van der Waals surface area (Å²) in [5, 5.41) is 5.71. The van der Waals surface area contributed by atoms with Crippen molar-refractivity contribution in [3.05, 3.63) is 83.8 Å². The van der Waals surface area contributed by atoms with E-state index in [9.17, 15) is 19.2 Å². The molecule has 5 rings (SSSR count). The Labute approximate surface area is 206 Å². The number of anilines is 1. The van der Waals surface area contributed by atoms with Crippen LogP contribution in [-0.2, 0) is 14.4 Å². The average Bonchev–Trinajstić information content (AvgIpc) is 3.62. The fourth-order valence-electron chi connectivity index (χ4n) is 4.17. The average molecular weight is 486 g/mol. The number of hydrazone groups is 1. The number of benzene rings is 2. The molecule has 10 nitrogen and oxygen atoms in total. The largest absolute Gasteiger partial charge is 0.497 e. The van der Waals surface area contributed by atoms with Gasteiger partial charge in [0.1, 0.15) is 24.1 Å². The van der Waals surface area contributed by atoms with Crippen LogP contribution in [-0.4, -0.2) is 53.0 Å². The van der Waals surface area contributed by atoms with Crippen molar-refractivity contribution in [2.45, 2.75) is 19.4 Å².